The standard InChI is InChI=1S/C13H25NO2S2/c1-11(18(2)15)10-14-12-3-6-16-13(9-12)4-7-17-8-5-13/h11-12,14H,3-10H2,1-2H3. The molecule has 2 heterocycles. The maximum absolute atomic E-state index is 11.4. The molecule has 0 saturated carbocycles. The predicted molar refractivity (Wildman–Crippen MR) is 79.8 cm³/mol. The van der Waals surface area contributed by atoms with Crippen LogP contribution in [-0.4, -0.2) is 52.0 Å². The van der Waals surface area contributed by atoms with Crippen LogP contribution in [0.5, 0.6) is 0 Å². The zero-order chi connectivity index (χ0) is 13.0. The van der Waals surface area contributed by atoms with Gasteiger partial charge in [0.15, 0.2) is 0 Å². The molecule has 106 valence electrons. The normalized spacial score (nSPS) is 31.1. The predicted octanol–water partition coefficient (Wildman–Crippen LogP) is 1.79. The molecule has 1 N–H and O–H groups in total. The lowest BCUT2D eigenvalue weighted by Gasteiger charge is -2.43. The van der Waals surface area contributed by atoms with Gasteiger partial charge in [0.05, 0.1) is 5.60 Å². The Morgan fingerprint density at radius 3 is 2.89 bits per heavy atom. The van der Waals surface area contributed by atoms with Crippen LogP contribution in [0.1, 0.15) is 32.6 Å². The molecule has 3 nitrogen and oxygen atoms in total. The van der Waals surface area contributed by atoms with Crippen molar-refractivity contribution >= 4 is 22.6 Å². The van der Waals surface area contributed by atoms with Gasteiger partial charge in [-0.1, -0.05) is 0 Å². The summed E-state index contributed by atoms with van der Waals surface area (Å²) in [5.41, 5.74) is 0.149. The molecule has 18 heavy (non-hydrogen) atoms. The Morgan fingerprint density at radius 2 is 2.22 bits per heavy atom. The van der Waals surface area contributed by atoms with E-state index in [2.05, 4.69) is 12.2 Å². The topological polar surface area (TPSA) is 38.3 Å². The number of hydrogen-bond donors (Lipinski definition) is 1. The SMILES string of the molecule is CC(CNC1CCOC2(CCSCC2)C1)S(C)=O. The van der Waals surface area contributed by atoms with Gasteiger partial charge in [-0.25, -0.2) is 0 Å². The summed E-state index contributed by atoms with van der Waals surface area (Å²) in [7, 11) is -0.725. The van der Waals surface area contributed by atoms with Crippen LogP contribution in [0.25, 0.3) is 0 Å². The third-order valence-corrected chi connectivity index (χ3v) is 6.44. The van der Waals surface area contributed by atoms with Crippen LogP contribution in [0.2, 0.25) is 0 Å². The Bertz CT molecular complexity index is 287. The van der Waals surface area contributed by atoms with Crippen LogP contribution in [-0.2, 0) is 15.5 Å². The van der Waals surface area contributed by atoms with E-state index in [0.717, 1.165) is 26.0 Å². The molecule has 2 rings (SSSR count). The molecule has 0 aromatic carbocycles. The van der Waals surface area contributed by atoms with Crippen molar-refractivity contribution in [2.24, 2.45) is 0 Å². The van der Waals surface area contributed by atoms with Crippen LogP contribution >= 0.6 is 11.8 Å². The summed E-state index contributed by atoms with van der Waals surface area (Å²) in [5.74, 6) is 2.48. The minimum Gasteiger partial charge on any atom is -0.375 e. The number of ether oxygens (including phenoxy) is 1. The highest BCUT2D eigenvalue weighted by Crippen LogP contribution is 2.37. The molecule has 0 aromatic heterocycles. The summed E-state index contributed by atoms with van der Waals surface area (Å²) in [4.78, 5) is 0. The van der Waals surface area contributed by atoms with Crippen molar-refractivity contribution in [3.8, 4) is 0 Å². The molecule has 2 aliphatic heterocycles. The molecule has 0 aliphatic carbocycles. The zero-order valence-electron chi connectivity index (χ0n) is 11.4. The van der Waals surface area contributed by atoms with E-state index in [1.54, 1.807) is 6.26 Å². The van der Waals surface area contributed by atoms with E-state index < -0.39 is 10.8 Å². The molecular formula is C13H25NO2S2. The first-order valence-corrected chi connectivity index (χ1v) is 9.66. The summed E-state index contributed by atoms with van der Waals surface area (Å²) in [6, 6.07) is 0.549. The molecule has 0 aromatic rings. The van der Waals surface area contributed by atoms with Crippen LogP contribution in [0.15, 0.2) is 0 Å². The summed E-state index contributed by atoms with van der Waals surface area (Å²) in [6.45, 7) is 3.79. The van der Waals surface area contributed by atoms with Gasteiger partial charge in [0.2, 0.25) is 0 Å². The summed E-state index contributed by atoms with van der Waals surface area (Å²) < 4.78 is 17.4. The van der Waals surface area contributed by atoms with E-state index in [1.807, 2.05) is 11.8 Å². The highest BCUT2D eigenvalue weighted by atomic mass is 32.2. The number of rotatable bonds is 4. The largest absolute Gasteiger partial charge is 0.375 e. The van der Waals surface area contributed by atoms with Crippen molar-refractivity contribution in [1.29, 1.82) is 0 Å². The highest BCUT2D eigenvalue weighted by Gasteiger charge is 2.38. The average molecular weight is 291 g/mol. The van der Waals surface area contributed by atoms with E-state index in [9.17, 15) is 4.21 Å². The minimum atomic E-state index is -0.725. The Hall–Kier alpha value is 0.420. The quantitative estimate of drug-likeness (QED) is 0.857. The van der Waals surface area contributed by atoms with E-state index in [0.29, 0.717) is 6.04 Å². The monoisotopic (exact) mass is 291 g/mol. The van der Waals surface area contributed by atoms with Gasteiger partial charge < -0.3 is 10.1 Å². The fraction of sp³-hybridized carbons (Fsp3) is 1.00. The molecular weight excluding hydrogens is 266 g/mol. The van der Waals surface area contributed by atoms with Crippen LogP contribution < -0.4 is 5.32 Å². The van der Waals surface area contributed by atoms with E-state index in [4.69, 9.17) is 4.74 Å². The molecule has 1 spiro atoms. The minimum absolute atomic E-state index is 0.149. The molecule has 5 heteroatoms. The molecule has 0 bridgehead atoms. The van der Waals surface area contributed by atoms with Crippen molar-refractivity contribution in [3.63, 3.8) is 0 Å². The molecule has 3 unspecified atom stereocenters. The zero-order valence-corrected chi connectivity index (χ0v) is 13.1. The molecule has 0 radical (unpaired) electrons. The summed E-state index contributed by atoms with van der Waals surface area (Å²) in [5, 5.41) is 3.84. The second kappa shape index (κ2) is 6.73. The second-order valence-corrected chi connectivity index (χ2v) is 8.58. The van der Waals surface area contributed by atoms with Crippen molar-refractivity contribution in [2.75, 3.05) is 30.9 Å². The van der Waals surface area contributed by atoms with Gasteiger partial charge in [0, 0.05) is 41.5 Å². The Morgan fingerprint density at radius 1 is 1.50 bits per heavy atom. The lowest BCUT2D eigenvalue weighted by Crippen LogP contribution is -2.50. The first-order chi connectivity index (χ1) is 8.61. The average Bonchev–Trinajstić information content (AvgIpc) is 2.37. The number of thioether (sulfide) groups is 1. The van der Waals surface area contributed by atoms with Crippen LogP contribution in [0.3, 0.4) is 0 Å². The maximum Gasteiger partial charge on any atom is 0.0713 e. The smallest absolute Gasteiger partial charge is 0.0713 e. The Labute approximate surface area is 117 Å². The third kappa shape index (κ3) is 3.95. The summed E-state index contributed by atoms with van der Waals surface area (Å²) in [6.07, 6.45) is 6.42. The maximum atomic E-state index is 11.4. The highest BCUT2D eigenvalue weighted by molar-refractivity contribution is 7.99. The van der Waals surface area contributed by atoms with Crippen molar-refractivity contribution in [1.82, 2.24) is 5.32 Å². The Balaban J connectivity index is 1.81. The van der Waals surface area contributed by atoms with Gasteiger partial charge >= 0.3 is 0 Å². The molecule has 2 saturated heterocycles. The van der Waals surface area contributed by atoms with Gasteiger partial charge in [0.25, 0.3) is 0 Å². The van der Waals surface area contributed by atoms with Gasteiger partial charge in [-0.15, -0.1) is 0 Å². The lowest BCUT2D eigenvalue weighted by atomic mass is 9.85. The first kappa shape index (κ1) is 14.8. The second-order valence-electron chi connectivity index (χ2n) is 5.55. The van der Waals surface area contributed by atoms with E-state index in [-0.39, 0.29) is 10.9 Å². The van der Waals surface area contributed by atoms with Crippen molar-refractivity contribution in [2.45, 2.75) is 49.5 Å². The molecule has 2 aliphatic rings. The fourth-order valence-electron chi connectivity index (χ4n) is 2.74. The van der Waals surface area contributed by atoms with E-state index in [1.165, 1.54) is 24.3 Å². The molecule has 2 fully saturated rings. The molecule has 3 atom stereocenters. The van der Waals surface area contributed by atoms with Gasteiger partial charge in [0.1, 0.15) is 0 Å². The van der Waals surface area contributed by atoms with Gasteiger partial charge in [-0.05, 0) is 44.1 Å². The first-order valence-electron chi connectivity index (χ1n) is 6.89. The van der Waals surface area contributed by atoms with Crippen molar-refractivity contribution < 1.29 is 8.95 Å². The lowest BCUT2D eigenvalue weighted by molar-refractivity contribution is -0.0930. The Kier molecular flexibility index (Phi) is 5.54. The third-order valence-electron chi connectivity index (χ3n) is 4.16. The van der Waals surface area contributed by atoms with Gasteiger partial charge in [-0.2, -0.15) is 11.8 Å². The van der Waals surface area contributed by atoms with E-state index >= 15 is 0 Å². The number of hydrogen-bond acceptors (Lipinski definition) is 4. The van der Waals surface area contributed by atoms with Crippen LogP contribution in [0, 0.1) is 0 Å². The summed E-state index contributed by atoms with van der Waals surface area (Å²) >= 11 is 2.05. The number of nitrogens with one attached hydrogen (secondary N) is 1. The van der Waals surface area contributed by atoms with Crippen molar-refractivity contribution in [3.05, 3.63) is 0 Å². The fourth-order valence-corrected chi connectivity index (χ4v) is 4.31. The van der Waals surface area contributed by atoms with Crippen LogP contribution in [0.4, 0.5) is 0 Å². The molecule has 0 amide bonds. The van der Waals surface area contributed by atoms with Gasteiger partial charge in [-0.3, -0.25) is 4.21 Å².